The molecule has 0 saturated heterocycles. The molecule has 20 heavy (non-hydrogen) atoms. The molecule has 0 spiro atoms. The van der Waals surface area contributed by atoms with E-state index in [-0.39, 0.29) is 23.7 Å². The van der Waals surface area contributed by atoms with Crippen molar-refractivity contribution in [3.05, 3.63) is 70.5 Å². The SMILES string of the molecule is CCC(C(=O)Cc1c(F)cccc1Cl)c1ccccc1. The van der Waals surface area contributed by atoms with Crippen LogP contribution in [-0.4, -0.2) is 5.78 Å². The van der Waals surface area contributed by atoms with Gasteiger partial charge in [-0.1, -0.05) is 54.9 Å². The molecule has 0 heterocycles. The summed E-state index contributed by atoms with van der Waals surface area (Å²) in [4.78, 5) is 12.4. The number of benzene rings is 2. The van der Waals surface area contributed by atoms with Crippen molar-refractivity contribution in [2.24, 2.45) is 0 Å². The van der Waals surface area contributed by atoms with Crippen LogP contribution in [0.1, 0.15) is 30.4 Å². The summed E-state index contributed by atoms with van der Waals surface area (Å²) in [6, 6.07) is 14.1. The summed E-state index contributed by atoms with van der Waals surface area (Å²) < 4.78 is 13.7. The van der Waals surface area contributed by atoms with Crippen molar-refractivity contribution in [3.8, 4) is 0 Å². The maximum atomic E-state index is 13.7. The van der Waals surface area contributed by atoms with Crippen LogP contribution in [0.2, 0.25) is 5.02 Å². The number of carbonyl (C=O) groups is 1. The molecule has 1 atom stereocenters. The summed E-state index contributed by atoms with van der Waals surface area (Å²) in [6.07, 6.45) is 0.716. The van der Waals surface area contributed by atoms with Crippen LogP contribution in [0.5, 0.6) is 0 Å². The molecule has 0 aliphatic heterocycles. The second kappa shape index (κ2) is 6.67. The zero-order valence-corrected chi connectivity index (χ0v) is 12.0. The van der Waals surface area contributed by atoms with Crippen molar-refractivity contribution < 1.29 is 9.18 Å². The van der Waals surface area contributed by atoms with E-state index >= 15 is 0 Å². The highest BCUT2D eigenvalue weighted by atomic mass is 35.5. The first-order chi connectivity index (χ1) is 9.63. The van der Waals surface area contributed by atoms with Gasteiger partial charge in [0.25, 0.3) is 0 Å². The molecule has 0 bridgehead atoms. The fourth-order valence-corrected chi connectivity index (χ4v) is 2.56. The highest BCUT2D eigenvalue weighted by Crippen LogP contribution is 2.25. The predicted octanol–water partition coefficient (Wildman–Crippen LogP) is 4.78. The Hall–Kier alpha value is -1.67. The minimum Gasteiger partial charge on any atom is -0.299 e. The first-order valence-corrected chi connectivity index (χ1v) is 7.01. The normalized spacial score (nSPS) is 12.2. The molecule has 0 aliphatic rings. The molecular formula is C17H16ClFO. The average Bonchev–Trinajstić information content (AvgIpc) is 2.45. The van der Waals surface area contributed by atoms with Crippen molar-refractivity contribution in [1.82, 2.24) is 0 Å². The number of ketones is 1. The molecule has 0 aliphatic carbocycles. The number of halogens is 2. The Morgan fingerprint density at radius 3 is 2.45 bits per heavy atom. The van der Waals surface area contributed by atoms with Gasteiger partial charge in [-0.3, -0.25) is 4.79 Å². The third-order valence-corrected chi connectivity index (χ3v) is 3.77. The Kier molecular flexibility index (Phi) is 4.91. The van der Waals surface area contributed by atoms with E-state index in [1.807, 2.05) is 37.3 Å². The molecule has 1 nitrogen and oxygen atoms in total. The average molecular weight is 291 g/mol. The Balaban J connectivity index is 2.23. The van der Waals surface area contributed by atoms with Gasteiger partial charge in [0.1, 0.15) is 11.6 Å². The van der Waals surface area contributed by atoms with Crippen molar-refractivity contribution in [3.63, 3.8) is 0 Å². The highest BCUT2D eigenvalue weighted by molar-refractivity contribution is 6.31. The summed E-state index contributed by atoms with van der Waals surface area (Å²) in [5, 5.41) is 0.307. The van der Waals surface area contributed by atoms with E-state index in [2.05, 4.69) is 0 Å². The molecule has 3 heteroatoms. The largest absolute Gasteiger partial charge is 0.299 e. The molecule has 0 amide bonds. The summed E-state index contributed by atoms with van der Waals surface area (Å²) in [5.41, 5.74) is 1.25. The van der Waals surface area contributed by atoms with E-state index in [1.54, 1.807) is 12.1 Å². The summed E-state index contributed by atoms with van der Waals surface area (Å²) in [6.45, 7) is 1.96. The van der Waals surface area contributed by atoms with E-state index in [0.29, 0.717) is 11.4 Å². The van der Waals surface area contributed by atoms with Gasteiger partial charge in [0.15, 0.2) is 0 Å². The molecule has 0 radical (unpaired) electrons. The summed E-state index contributed by atoms with van der Waals surface area (Å²) in [7, 11) is 0. The van der Waals surface area contributed by atoms with Crippen LogP contribution in [0.15, 0.2) is 48.5 Å². The van der Waals surface area contributed by atoms with E-state index in [1.165, 1.54) is 6.07 Å². The lowest BCUT2D eigenvalue weighted by molar-refractivity contribution is -0.120. The van der Waals surface area contributed by atoms with Gasteiger partial charge in [-0.25, -0.2) is 4.39 Å². The summed E-state index contributed by atoms with van der Waals surface area (Å²) in [5.74, 6) is -0.647. The smallest absolute Gasteiger partial charge is 0.144 e. The first-order valence-electron chi connectivity index (χ1n) is 6.64. The molecule has 0 saturated carbocycles. The molecule has 0 N–H and O–H groups in total. The van der Waals surface area contributed by atoms with Crippen LogP contribution in [0.3, 0.4) is 0 Å². The zero-order valence-electron chi connectivity index (χ0n) is 11.3. The fraction of sp³-hybridized carbons (Fsp3) is 0.235. The number of hydrogen-bond donors (Lipinski definition) is 0. The number of rotatable bonds is 5. The summed E-state index contributed by atoms with van der Waals surface area (Å²) >= 11 is 5.98. The lowest BCUT2D eigenvalue weighted by atomic mass is 9.89. The van der Waals surface area contributed by atoms with Crippen molar-refractivity contribution in [2.75, 3.05) is 0 Å². The minimum absolute atomic E-state index is 0.00861. The second-order valence-corrected chi connectivity index (χ2v) is 5.12. The number of hydrogen-bond acceptors (Lipinski definition) is 1. The molecule has 2 aromatic carbocycles. The monoisotopic (exact) mass is 290 g/mol. The fourth-order valence-electron chi connectivity index (χ4n) is 2.33. The van der Waals surface area contributed by atoms with Crippen LogP contribution in [0, 0.1) is 5.82 Å². The van der Waals surface area contributed by atoms with Crippen LogP contribution >= 0.6 is 11.6 Å². The molecule has 0 fully saturated rings. The third-order valence-electron chi connectivity index (χ3n) is 3.41. The highest BCUT2D eigenvalue weighted by Gasteiger charge is 2.21. The predicted molar refractivity (Wildman–Crippen MR) is 79.6 cm³/mol. The van der Waals surface area contributed by atoms with Gasteiger partial charge in [0, 0.05) is 22.9 Å². The molecule has 104 valence electrons. The number of carbonyl (C=O) groups excluding carboxylic acids is 1. The van der Waals surface area contributed by atoms with Gasteiger partial charge < -0.3 is 0 Å². The van der Waals surface area contributed by atoms with Crippen molar-refractivity contribution in [2.45, 2.75) is 25.7 Å². The maximum Gasteiger partial charge on any atom is 0.144 e. The lowest BCUT2D eigenvalue weighted by Crippen LogP contribution is -2.15. The Bertz CT molecular complexity index is 575. The van der Waals surface area contributed by atoms with Gasteiger partial charge in [-0.05, 0) is 24.1 Å². The van der Waals surface area contributed by atoms with Gasteiger partial charge in [-0.15, -0.1) is 0 Å². The molecular weight excluding hydrogens is 275 g/mol. The van der Waals surface area contributed by atoms with Gasteiger partial charge in [0.05, 0.1) is 0 Å². The quantitative estimate of drug-likeness (QED) is 0.774. The topological polar surface area (TPSA) is 17.1 Å². The van der Waals surface area contributed by atoms with Crippen molar-refractivity contribution in [1.29, 1.82) is 0 Å². The lowest BCUT2D eigenvalue weighted by Gasteiger charge is -2.15. The van der Waals surface area contributed by atoms with E-state index in [9.17, 15) is 9.18 Å². The van der Waals surface area contributed by atoms with Crippen LogP contribution < -0.4 is 0 Å². The van der Waals surface area contributed by atoms with Crippen LogP contribution in [0.4, 0.5) is 4.39 Å². The third kappa shape index (κ3) is 3.26. The first kappa shape index (κ1) is 14.7. The van der Waals surface area contributed by atoms with Gasteiger partial charge in [0.2, 0.25) is 0 Å². The van der Waals surface area contributed by atoms with Crippen molar-refractivity contribution >= 4 is 17.4 Å². The second-order valence-electron chi connectivity index (χ2n) is 4.71. The molecule has 0 aromatic heterocycles. The van der Waals surface area contributed by atoms with E-state index < -0.39 is 5.82 Å². The zero-order chi connectivity index (χ0) is 14.5. The van der Waals surface area contributed by atoms with Crippen LogP contribution in [-0.2, 0) is 11.2 Å². The van der Waals surface area contributed by atoms with E-state index in [0.717, 1.165) is 5.56 Å². The minimum atomic E-state index is -0.422. The molecule has 2 aromatic rings. The molecule has 1 unspecified atom stereocenters. The Labute approximate surface area is 123 Å². The van der Waals surface area contributed by atoms with Gasteiger partial charge in [-0.2, -0.15) is 0 Å². The Morgan fingerprint density at radius 2 is 1.85 bits per heavy atom. The maximum absolute atomic E-state index is 13.7. The Morgan fingerprint density at radius 1 is 1.15 bits per heavy atom. The van der Waals surface area contributed by atoms with Crippen LogP contribution in [0.25, 0.3) is 0 Å². The molecule has 2 rings (SSSR count). The van der Waals surface area contributed by atoms with Gasteiger partial charge >= 0.3 is 0 Å². The standard InChI is InChI=1S/C17H16ClFO/c1-2-13(12-7-4-3-5-8-12)17(20)11-14-15(18)9-6-10-16(14)19/h3-10,13H,2,11H2,1H3. The number of Topliss-reactive ketones (excluding diaryl/α,β-unsaturated/α-hetero) is 1. The van der Waals surface area contributed by atoms with E-state index in [4.69, 9.17) is 11.6 Å².